The molecule has 1 amide bonds. The summed E-state index contributed by atoms with van der Waals surface area (Å²) < 4.78 is 0. The largest absolute Gasteiger partial charge is 0.394 e. The fraction of sp³-hybridized carbons (Fsp3) is 0.231. The van der Waals surface area contributed by atoms with Gasteiger partial charge in [0.05, 0.1) is 18.2 Å². The standard InChI is InChI=1S/C13H14N2O2/c1-10(9-16)15-13(17)6-5-11-3-2-4-12(7-11)8-14/h2-7,10,16H,9H2,1H3,(H,15,17)/t10-/m0/s1. The molecule has 2 N–H and O–H groups in total. The summed E-state index contributed by atoms with van der Waals surface area (Å²) in [4.78, 5) is 11.4. The Balaban J connectivity index is 2.64. The molecule has 4 nitrogen and oxygen atoms in total. The van der Waals surface area contributed by atoms with Crippen molar-refractivity contribution in [2.75, 3.05) is 6.61 Å². The summed E-state index contributed by atoms with van der Waals surface area (Å²) in [5.41, 5.74) is 1.34. The van der Waals surface area contributed by atoms with Gasteiger partial charge in [0.1, 0.15) is 0 Å². The topological polar surface area (TPSA) is 73.1 Å². The van der Waals surface area contributed by atoms with Crippen molar-refractivity contribution in [3.05, 3.63) is 41.5 Å². The molecule has 4 heteroatoms. The summed E-state index contributed by atoms with van der Waals surface area (Å²) in [7, 11) is 0. The van der Waals surface area contributed by atoms with Gasteiger partial charge in [-0.25, -0.2) is 0 Å². The van der Waals surface area contributed by atoms with Gasteiger partial charge < -0.3 is 10.4 Å². The molecule has 1 aromatic carbocycles. The van der Waals surface area contributed by atoms with Crippen molar-refractivity contribution in [2.45, 2.75) is 13.0 Å². The number of rotatable bonds is 4. The molecular formula is C13H14N2O2. The number of carbonyl (C=O) groups excluding carboxylic acids is 1. The zero-order valence-corrected chi connectivity index (χ0v) is 9.55. The van der Waals surface area contributed by atoms with Crippen LogP contribution in [-0.4, -0.2) is 23.7 Å². The summed E-state index contributed by atoms with van der Waals surface area (Å²) in [6, 6.07) is 8.72. The Morgan fingerprint density at radius 2 is 2.41 bits per heavy atom. The Bertz CT molecular complexity index is 461. The monoisotopic (exact) mass is 230 g/mol. The van der Waals surface area contributed by atoms with Gasteiger partial charge in [-0.05, 0) is 30.7 Å². The molecule has 1 aromatic rings. The fourth-order valence-electron chi connectivity index (χ4n) is 1.22. The summed E-state index contributed by atoms with van der Waals surface area (Å²) in [5.74, 6) is -0.270. The number of aliphatic hydroxyl groups excluding tert-OH is 1. The number of carbonyl (C=O) groups is 1. The van der Waals surface area contributed by atoms with Gasteiger partial charge in [-0.2, -0.15) is 5.26 Å². The van der Waals surface area contributed by atoms with E-state index in [-0.39, 0.29) is 18.6 Å². The second-order valence-corrected chi connectivity index (χ2v) is 3.66. The lowest BCUT2D eigenvalue weighted by Gasteiger charge is -2.07. The van der Waals surface area contributed by atoms with Crippen LogP contribution in [0.4, 0.5) is 0 Å². The van der Waals surface area contributed by atoms with Crippen LogP contribution in [-0.2, 0) is 4.79 Å². The van der Waals surface area contributed by atoms with Crippen LogP contribution in [0.15, 0.2) is 30.3 Å². The van der Waals surface area contributed by atoms with E-state index in [0.29, 0.717) is 5.56 Å². The van der Waals surface area contributed by atoms with Gasteiger partial charge in [0.25, 0.3) is 0 Å². The smallest absolute Gasteiger partial charge is 0.244 e. The van der Waals surface area contributed by atoms with Crippen molar-refractivity contribution in [3.8, 4) is 6.07 Å². The van der Waals surface area contributed by atoms with E-state index in [4.69, 9.17) is 10.4 Å². The minimum atomic E-state index is -0.270. The predicted octanol–water partition coefficient (Wildman–Crippen LogP) is 1.07. The van der Waals surface area contributed by atoms with E-state index >= 15 is 0 Å². The molecule has 0 aliphatic carbocycles. The van der Waals surface area contributed by atoms with Crippen LogP contribution in [0.25, 0.3) is 6.08 Å². The maximum absolute atomic E-state index is 11.4. The zero-order valence-electron chi connectivity index (χ0n) is 9.55. The Labute approximate surface area is 100 Å². The molecule has 0 bridgehead atoms. The first-order valence-electron chi connectivity index (χ1n) is 5.25. The molecule has 0 aliphatic rings. The van der Waals surface area contributed by atoms with Crippen molar-refractivity contribution in [1.29, 1.82) is 5.26 Å². The first kappa shape index (κ1) is 12.9. The van der Waals surface area contributed by atoms with Crippen molar-refractivity contribution in [3.63, 3.8) is 0 Å². The van der Waals surface area contributed by atoms with Gasteiger partial charge in [-0.1, -0.05) is 12.1 Å². The number of nitrogens with one attached hydrogen (secondary N) is 1. The number of benzene rings is 1. The number of aliphatic hydroxyl groups is 1. The third kappa shape index (κ3) is 4.49. The SMILES string of the molecule is C[C@@H](CO)NC(=O)C=Cc1cccc(C#N)c1. The maximum atomic E-state index is 11.4. The van der Waals surface area contributed by atoms with E-state index in [0.717, 1.165) is 5.56 Å². The van der Waals surface area contributed by atoms with Gasteiger partial charge in [0, 0.05) is 12.1 Å². The molecule has 0 saturated heterocycles. The Kier molecular flexibility index (Phi) is 4.92. The number of hydrogen-bond donors (Lipinski definition) is 2. The number of nitriles is 1. The van der Waals surface area contributed by atoms with Gasteiger partial charge in [0.15, 0.2) is 0 Å². The fourth-order valence-corrected chi connectivity index (χ4v) is 1.22. The molecule has 1 atom stereocenters. The van der Waals surface area contributed by atoms with E-state index in [1.54, 1.807) is 37.3 Å². The third-order valence-electron chi connectivity index (χ3n) is 2.11. The minimum absolute atomic E-state index is 0.0938. The molecule has 0 spiro atoms. The molecule has 1 rings (SSSR count). The second-order valence-electron chi connectivity index (χ2n) is 3.66. The van der Waals surface area contributed by atoms with E-state index < -0.39 is 0 Å². The quantitative estimate of drug-likeness (QED) is 0.760. The van der Waals surface area contributed by atoms with E-state index in [1.807, 2.05) is 6.07 Å². The average Bonchev–Trinajstić information content (AvgIpc) is 2.36. The highest BCUT2D eigenvalue weighted by Crippen LogP contribution is 2.05. The molecule has 0 fully saturated rings. The summed E-state index contributed by atoms with van der Waals surface area (Å²) >= 11 is 0. The molecule has 0 aliphatic heterocycles. The summed E-state index contributed by atoms with van der Waals surface area (Å²) in [6.45, 7) is 1.62. The number of hydrogen-bond acceptors (Lipinski definition) is 3. The van der Waals surface area contributed by atoms with Gasteiger partial charge in [-0.3, -0.25) is 4.79 Å². The summed E-state index contributed by atoms with van der Waals surface area (Å²) in [6.07, 6.45) is 3.00. The van der Waals surface area contributed by atoms with Crippen molar-refractivity contribution < 1.29 is 9.90 Å². The maximum Gasteiger partial charge on any atom is 0.244 e. The lowest BCUT2D eigenvalue weighted by atomic mass is 10.1. The van der Waals surface area contributed by atoms with Crippen molar-refractivity contribution in [1.82, 2.24) is 5.32 Å². The Morgan fingerprint density at radius 1 is 1.65 bits per heavy atom. The van der Waals surface area contributed by atoms with Gasteiger partial charge in [-0.15, -0.1) is 0 Å². The highest BCUT2D eigenvalue weighted by molar-refractivity contribution is 5.91. The highest BCUT2D eigenvalue weighted by atomic mass is 16.3. The third-order valence-corrected chi connectivity index (χ3v) is 2.11. The van der Waals surface area contributed by atoms with Crippen LogP contribution in [0, 0.1) is 11.3 Å². The molecule has 0 heterocycles. The first-order chi connectivity index (χ1) is 8.15. The van der Waals surface area contributed by atoms with Crippen LogP contribution >= 0.6 is 0 Å². The molecule has 0 radical (unpaired) electrons. The van der Waals surface area contributed by atoms with Crippen LogP contribution < -0.4 is 5.32 Å². The van der Waals surface area contributed by atoms with E-state index in [1.165, 1.54) is 6.08 Å². The number of nitrogens with zero attached hydrogens (tertiary/aromatic N) is 1. The highest BCUT2D eigenvalue weighted by Gasteiger charge is 2.01. The van der Waals surface area contributed by atoms with Crippen LogP contribution in [0.2, 0.25) is 0 Å². The first-order valence-corrected chi connectivity index (χ1v) is 5.25. The Hall–Kier alpha value is -2.12. The second kappa shape index (κ2) is 6.46. The molecule has 0 aromatic heterocycles. The molecule has 0 saturated carbocycles. The minimum Gasteiger partial charge on any atom is -0.394 e. The van der Waals surface area contributed by atoms with Gasteiger partial charge >= 0.3 is 0 Å². The van der Waals surface area contributed by atoms with Crippen LogP contribution in [0.3, 0.4) is 0 Å². The lowest BCUT2D eigenvalue weighted by Crippen LogP contribution is -2.33. The van der Waals surface area contributed by atoms with E-state index in [2.05, 4.69) is 5.32 Å². The molecule has 88 valence electrons. The van der Waals surface area contributed by atoms with E-state index in [9.17, 15) is 4.79 Å². The predicted molar refractivity (Wildman–Crippen MR) is 64.9 cm³/mol. The lowest BCUT2D eigenvalue weighted by molar-refractivity contribution is -0.117. The Morgan fingerprint density at radius 3 is 3.06 bits per heavy atom. The van der Waals surface area contributed by atoms with Crippen LogP contribution in [0.5, 0.6) is 0 Å². The van der Waals surface area contributed by atoms with Gasteiger partial charge in [0.2, 0.25) is 5.91 Å². The summed E-state index contributed by atoms with van der Waals surface area (Å²) in [5, 5.41) is 20.1. The molecule has 17 heavy (non-hydrogen) atoms. The normalized spacial score (nSPS) is 12.1. The molecule has 0 unspecified atom stereocenters. The van der Waals surface area contributed by atoms with Crippen molar-refractivity contribution in [2.24, 2.45) is 0 Å². The molecular weight excluding hydrogens is 216 g/mol. The van der Waals surface area contributed by atoms with Crippen LogP contribution in [0.1, 0.15) is 18.1 Å². The number of amides is 1. The average molecular weight is 230 g/mol. The van der Waals surface area contributed by atoms with Crippen molar-refractivity contribution >= 4 is 12.0 Å². The zero-order chi connectivity index (χ0) is 12.7.